The maximum Gasteiger partial charge on any atom is 0.289 e. The number of piperidine rings is 1. The van der Waals surface area contributed by atoms with Crippen molar-refractivity contribution in [3.05, 3.63) is 23.7 Å². The second-order valence-corrected chi connectivity index (χ2v) is 7.71. The molecule has 1 aromatic heterocycles. The fourth-order valence-corrected chi connectivity index (χ4v) is 4.09. The lowest BCUT2D eigenvalue weighted by Crippen LogP contribution is -2.58. The minimum Gasteiger partial charge on any atom is -0.456 e. The largest absolute Gasteiger partial charge is 0.456 e. The van der Waals surface area contributed by atoms with E-state index < -0.39 is 0 Å². The third-order valence-corrected chi connectivity index (χ3v) is 5.67. The molecule has 5 nitrogen and oxygen atoms in total. The van der Waals surface area contributed by atoms with Crippen molar-refractivity contribution in [1.29, 1.82) is 0 Å². The monoisotopic (exact) mass is 333 g/mol. The number of hydrogen-bond acceptors (Lipinski definition) is 4. The molecule has 3 aliphatic rings. The summed E-state index contributed by atoms with van der Waals surface area (Å²) >= 11 is 0. The SMILES string of the molecule is Cc1ccc(C(=O)N2CC[C@H]3OCCC[C@]3(COCC3CC3)C2)o1. The maximum absolute atomic E-state index is 12.8. The number of carbonyl (C=O) groups excluding carboxylic acids is 1. The summed E-state index contributed by atoms with van der Waals surface area (Å²) in [5, 5.41) is 0. The van der Waals surface area contributed by atoms with Crippen molar-refractivity contribution >= 4 is 5.91 Å². The van der Waals surface area contributed by atoms with Crippen molar-refractivity contribution in [2.24, 2.45) is 11.3 Å². The molecule has 24 heavy (non-hydrogen) atoms. The number of aryl methyl sites for hydroxylation is 1. The molecule has 4 rings (SSSR count). The van der Waals surface area contributed by atoms with E-state index in [9.17, 15) is 4.79 Å². The quantitative estimate of drug-likeness (QED) is 0.831. The van der Waals surface area contributed by atoms with Gasteiger partial charge in [0.25, 0.3) is 5.91 Å². The van der Waals surface area contributed by atoms with E-state index in [2.05, 4.69) is 0 Å². The summed E-state index contributed by atoms with van der Waals surface area (Å²) < 4.78 is 17.6. The van der Waals surface area contributed by atoms with Crippen LogP contribution < -0.4 is 0 Å². The average molecular weight is 333 g/mol. The van der Waals surface area contributed by atoms with Crippen LogP contribution >= 0.6 is 0 Å². The standard InChI is InChI=1S/C19H27NO4/c1-14-3-6-16(24-14)18(21)20-9-7-17-19(12-20,8-2-10-23-17)13-22-11-15-4-5-15/h3,6,15,17H,2,4-5,7-13H2,1H3/t17-,19-/m1/s1. The Labute approximate surface area is 143 Å². The van der Waals surface area contributed by atoms with E-state index >= 15 is 0 Å². The summed E-state index contributed by atoms with van der Waals surface area (Å²) in [6.45, 7) is 5.70. The molecule has 132 valence electrons. The van der Waals surface area contributed by atoms with Gasteiger partial charge in [-0.25, -0.2) is 0 Å². The zero-order valence-corrected chi connectivity index (χ0v) is 14.5. The fraction of sp³-hybridized carbons (Fsp3) is 0.737. The van der Waals surface area contributed by atoms with Gasteiger partial charge in [-0.1, -0.05) is 0 Å². The first-order valence-corrected chi connectivity index (χ1v) is 9.21. The molecule has 2 atom stereocenters. The summed E-state index contributed by atoms with van der Waals surface area (Å²) in [6.07, 6.45) is 5.82. The molecule has 3 fully saturated rings. The van der Waals surface area contributed by atoms with Crippen LogP contribution in [0.5, 0.6) is 0 Å². The predicted molar refractivity (Wildman–Crippen MR) is 88.9 cm³/mol. The second-order valence-electron chi connectivity index (χ2n) is 7.71. The van der Waals surface area contributed by atoms with Crippen molar-refractivity contribution < 1.29 is 18.7 Å². The highest BCUT2D eigenvalue weighted by Gasteiger charge is 2.47. The van der Waals surface area contributed by atoms with E-state index in [0.29, 0.717) is 18.9 Å². The number of carbonyl (C=O) groups is 1. The van der Waals surface area contributed by atoms with Crippen molar-refractivity contribution in [2.75, 3.05) is 32.9 Å². The normalized spacial score (nSPS) is 30.2. The highest BCUT2D eigenvalue weighted by molar-refractivity contribution is 5.91. The molecule has 2 aliphatic heterocycles. The Balaban J connectivity index is 1.46. The summed E-state index contributed by atoms with van der Waals surface area (Å²) in [7, 11) is 0. The highest BCUT2D eigenvalue weighted by Crippen LogP contribution is 2.41. The lowest BCUT2D eigenvalue weighted by Gasteiger charge is -2.50. The van der Waals surface area contributed by atoms with E-state index in [1.165, 1.54) is 12.8 Å². The average Bonchev–Trinajstić information content (AvgIpc) is 3.32. The van der Waals surface area contributed by atoms with Crippen LogP contribution in [0, 0.1) is 18.3 Å². The third-order valence-electron chi connectivity index (χ3n) is 5.67. The molecule has 1 saturated carbocycles. The van der Waals surface area contributed by atoms with Gasteiger partial charge in [0.05, 0.1) is 12.7 Å². The van der Waals surface area contributed by atoms with Gasteiger partial charge in [0, 0.05) is 31.7 Å². The molecular weight excluding hydrogens is 306 g/mol. The Morgan fingerprint density at radius 3 is 3.00 bits per heavy atom. The summed E-state index contributed by atoms with van der Waals surface area (Å²) in [4.78, 5) is 14.7. The van der Waals surface area contributed by atoms with E-state index in [0.717, 1.165) is 50.7 Å². The Morgan fingerprint density at radius 1 is 1.38 bits per heavy atom. The van der Waals surface area contributed by atoms with E-state index in [-0.39, 0.29) is 17.4 Å². The number of rotatable bonds is 5. The fourth-order valence-electron chi connectivity index (χ4n) is 4.09. The second kappa shape index (κ2) is 6.52. The number of likely N-dealkylation sites (tertiary alicyclic amines) is 1. The summed E-state index contributed by atoms with van der Waals surface area (Å²) in [5.41, 5.74) is -0.0529. The topological polar surface area (TPSA) is 51.9 Å². The molecular formula is C19H27NO4. The van der Waals surface area contributed by atoms with Crippen LogP contribution in [0.4, 0.5) is 0 Å². The molecule has 0 radical (unpaired) electrons. The number of ether oxygens (including phenoxy) is 2. The smallest absolute Gasteiger partial charge is 0.289 e. The molecule has 0 N–H and O–H groups in total. The van der Waals surface area contributed by atoms with E-state index in [1.807, 2.05) is 17.9 Å². The Bertz CT molecular complexity index is 594. The molecule has 2 saturated heterocycles. The molecule has 5 heteroatoms. The Morgan fingerprint density at radius 2 is 2.25 bits per heavy atom. The van der Waals surface area contributed by atoms with Crippen LogP contribution in [-0.2, 0) is 9.47 Å². The van der Waals surface area contributed by atoms with Gasteiger partial charge in [0.1, 0.15) is 5.76 Å². The predicted octanol–water partition coefficient (Wildman–Crippen LogP) is 3.03. The van der Waals surface area contributed by atoms with Crippen LogP contribution in [0.1, 0.15) is 48.4 Å². The van der Waals surface area contributed by atoms with Gasteiger partial charge in [0.2, 0.25) is 0 Å². The van der Waals surface area contributed by atoms with Gasteiger partial charge in [0.15, 0.2) is 5.76 Å². The highest BCUT2D eigenvalue weighted by atomic mass is 16.5. The third kappa shape index (κ3) is 3.24. The number of amides is 1. The van der Waals surface area contributed by atoms with Gasteiger partial charge in [-0.15, -0.1) is 0 Å². The van der Waals surface area contributed by atoms with Gasteiger partial charge < -0.3 is 18.8 Å². The minimum absolute atomic E-state index is 0.00584. The molecule has 0 spiro atoms. The summed E-state index contributed by atoms with van der Waals surface area (Å²) in [5.74, 6) is 1.97. The van der Waals surface area contributed by atoms with Gasteiger partial charge >= 0.3 is 0 Å². The number of furan rings is 1. The van der Waals surface area contributed by atoms with Gasteiger partial charge in [-0.2, -0.15) is 0 Å². The molecule has 3 heterocycles. The zero-order valence-electron chi connectivity index (χ0n) is 14.5. The molecule has 1 aromatic rings. The Kier molecular flexibility index (Phi) is 4.39. The molecule has 0 unspecified atom stereocenters. The zero-order chi connectivity index (χ0) is 16.6. The van der Waals surface area contributed by atoms with Crippen molar-refractivity contribution in [1.82, 2.24) is 4.90 Å². The van der Waals surface area contributed by atoms with Gasteiger partial charge in [-0.05, 0) is 57.1 Å². The molecule has 1 aliphatic carbocycles. The lowest BCUT2D eigenvalue weighted by molar-refractivity contribution is -0.147. The maximum atomic E-state index is 12.8. The van der Waals surface area contributed by atoms with E-state index in [1.54, 1.807) is 6.07 Å². The van der Waals surface area contributed by atoms with Crippen molar-refractivity contribution in [2.45, 2.75) is 45.1 Å². The van der Waals surface area contributed by atoms with Crippen LogP contribution in [0.25, 0.3) is 0 Å². The molecule has 1 amide bonds. The van der Waals surface area contributed by atoms with E-state index in [4.69, 9.17) is 13.9 Å². The molecule has 0 aromatic carbocycles. The van der Waals surface area contributed by atoms with Crippen LogP contribution in [0.15, 0.2) is 16.5 Å². The first-order chi connectivity index (χ1) is 11.7. The van der Waals surface area contributed by atoms with Crippen molar-refractivity contribution in [3.8, 4) is 0 Å². The van der Waals surface area contributed by atoms with Crippen LogP contribution in [-0.4, -0.2) is 49.8 Å². The first kappa shape index (κ1) is 16.2. The van der Waals surface area contributed by atoms with Crippen molar-refractivity contribution in [3.63, 3.8) is 0 Å². The number of nitrogens with zero attached hydrogens (tertiary/aromatic N) is 1. The van der Waals surface area contributed by atoms with Crippen LogP contribution in [0.3, 0.4) is 0 Å². The summed E-state index contributed by atoms with van der Waals surface area (Å²) in [6, 6.07) is 3.62. The number of hydrogen-bond donors (Lipinski definition) is 0. The Hall–Kier alpha value is -1.33. The van der Waals surface area contributed by atoms with Gasteiger partial charge in [-0.3, -0.25) is 4.79 Å². The van der Waals surface area contributed by atoms with Crippen LogP contribution in [0.2, 0.25) is 0 Å². The molecule has 0 bridgehead atoms. The first-order valence-electron chi connectivity index (χ1n) is 9.21. The number of fused-ring (bicyclic) bond motifs is 1. The lowest BCUT2D eigenvalue weighted by atomic mass is 9.73. The minimum atomic E-state index is -0.0529.